The van der Waals surface area contributed by atoms with E-state index < -0.39 is 6.10 Å². The summed E-state index contributed by atoms with van der Waals surface area (Å²) < 4.78 is 0. The van der Waals surface area contributed by atoms with Crippen LogP contribution in [0, 0.1) is 6.92 Å². The molecule has 1 unspecified atom stereocenters. The zero-order chi connectivity index (χ0) is 15.2. The van der Waals surface area contributed by atoms with Crippen molar-refractivity contribution in [1.29, 1.82) is 0 Å². The number of aliphatic hydroxyl groups excluding tert-OH is 1. The second kappa shape index (κ2) is 7.33. The fourth-order valence-corrected chi connectivity index (χ4v) is 2.76. The summed E-state index contributed by atoms with van der Waals surface area (Å²) in [7, 11) is 0. The Kier molecular flexibility index (Phi) is 5.47. The van der Waals surface area contributed by atoms with Crippen LogP contribution in [0.15, 0.2) is 29.6 Å². The molecule has 2 rings (SSSR count). The molecule has 0 saturated heterocycles. The minimum absolute atomic E-state index is 0.0586. The lowest BCUT2D eigenvalue weighted by Gasteiger charge is -2.05. The Morgan fingerprint density at radius 2 is 2.29 bits per heavy atom. The summed E-state index contributed by atoms with van der Waals surface area (Å²) in [5, 5.41) is 14.8. The van der Waals surface area contributed by atoms with Crippen molar-refractivity contribution < 1.29 is 9.90 Å². The molecule has 1 aromatic heterocycles. The van der Waals surface area contributed by atoms with Gasteiger partial charge in [0.2, 0.25) is 5.91 Å². The highest BCUT2D eigenvalue weighted by atomic mass is 32.1. The van der Waals surface area contributed by atoms with E-state index in [0.717, 1.165) is 16.3 Å². The molecule has 1 amide bonds. The Bertz CT molecular complexity index is 608. The first-order valence-corrected chi connectivity index (χ1v) is 7.89. The van der Waals surface area contributed by atoms with E-state index in [1.165, 1.54) is 5.56 Å². The van der Waals surface area contributed by atoms with Crippen LogP contribution < -0.4 is 5.32 Å². The van der Waals surface area contributed by atoms with E-state index in [-0.39, 0.29) is 12.3 Å². The van der Waals surface area contributed by atoms with Crippen molar-refractivity contribution in [2.45, 2.75) is 32.8 Å². The fourth-order valence-electron chi connectivity index (χ4n) is 1.95. The maximum Gasteiger partial charge on any atom is 0.226 e. The van der Waals surface area contributed by atoms with Gasteiger partial charge < -0.3 is 10.4 Å². The number of aromatic nitrogens is 1. The van der Waals surface area contributed by atoms with Crippen molar-refractivity contribution >= 4 is 17.2 Å². The van der Waals surface area contributed by atoms with Gasteiger partial charge in [-0.15, -0.1) is 11.3 Å². The van der Waals surface area contributed by atoms with Crippen LogP contribution in [0.4, 0.5) is 0 Å². The highest BCUT2D eigenvalue weighted by Gasteiger charge is 2.09. The van der Waals surface area contributed by atoms with Crippen molar-refractivity contribution in [3.63, 3.8) is 0 Å². The Morgan fingerprint density at radius 3 is 3.00 bits per heavy atom. The summed E-state index contributed by atoms with van der Waals surface area (Å²) in [5.74, 6) is -0.0586. The van der Waals surface area contributed by atoms with E-state index in [4.69, 9.17) is 5.11 Å². The number of rotatable bonds is 6. The number of aryl methyl sites for hydroxylation is 1. The van der Waals surface area contributed by atoms with Gasteiger partial charge in [0.15, 0.2) is 0 Å². The van der Waals surface area contributed by atoms with Crippen molar-refractivity contribution in [2.75, 3.05) is 6.54 Å². The van der Waals surface area contributed by atoms with Crippen LogP contribution in [0.2, 0.25) is 0 Å². The van der Waals surface area contributed by atoms with Crippen LogP contribution in [0.3, 0.4) is 0 Å². The lowest BCUT2D eigenvalue weighted by atomic mass is 10.1. The number of aliphatic hydroxyl groups is 1. The standard InChI is InChI=1S/C16H20N2O2S/c1-11-4-3-5-13(8-11)16-18-14(10-21-16)9-15(20)17-7-6-12(2)19/h3-5,8,10,12,19H,6-7,9H2,1-2H3,(H,17,20). The number of benzene rings is 1. The molecule has 5 heteroatoms. The van der Waals surface area contributed by atoms with Gasteiger partial charge >= 0.3 is 0 Å². The van der Waals surface area contributed by atoms with Crippen molar-refractivity contribution in [3.05, 3.63) is 40.9 Å². The summed E-state index contributed by atoms with van der Waals surface area (Å²) >= 11 is 1.55. The maximum atomic E-state index is 11.8. The van der Waals surface area contributed by atoms with Crippen molar-refractivity contribution in [3.8, 4) is 10.6 Å². The number of nitrogens with one attached hydrogen (secondary N) is 1. The third-order valence-corrected chi connectivity index (χ3v) is 3.98. The highest BCUT2D eigenvalue weighted by molar-refractivity contribution is 7.13. The Labute approximate surface area is 128 Å². The minimum Gasteiger partial charge on any atom is -0.393 e. The molecule has 0 saturated carbocycles. The average Bonchev–Trinajstić information content (AvgIpc) is 2.86. The summed E-state index contributed by atoms with van der Waals surface area (Å²) in [6.07, 6.45) is 0.455. The van der Waals surface area contributed by atoms with Gasteiger partial charge in [-0.3, -0.25) is 4.79 Å². The Morgan fingerprint density at radius 1 is 1.48 bits per heavy atom. The van der Waals surface area contributed by atoms with Crippen LogP contribution in [-0.2, 0) is 11.2 Å². The molecule has 1 aromatic carbocycles. The van der Waals surface area contributed by atoms with Crippen LogP contribution in [0.25, 0.3) is 10.6 Å². The summed E-state index contributed by atoms with van der Waals surface area (Å²) in [6.45, 7) is 4.25. The summed E-state index contributed by atoms with van der Waals surface area (Å²) in [5.41, 5.74) is 3.06. The van der Waals surface area contributed by atoms with Gasteiger partial charge in [0.25, 0.3) is 0 Å². The molecule has 2 aromatic rings. The van der Waals surface area contributed by atoms with Crippen LogP contribution in [0.5, 0.6) is 0 Å². The lowest BCUT2D eigenvalue weighted by molar-refractivity contribution is -0.120. The van der Waals surface area contributed by atoms with E-state index in [1.807, 2.05) is 30.5 Å². The molecule has 4 nitrogen and oxygen atoms in total. The molecular weight excluding hydrogens is 284 g/mol. The molecule has 1 heterocycles. The van der Waals surface area contributed by atoms with Gasteiger partial charge in [0, 0.05) is 17.5 Å². The average molecular weight is 304 g/mol. The second-order valence-electron chi connectivity index (χ2n) is 5.18. The van der Waals surface area contributed by atoms with E-state index in [2.05, 4.69) is 16.4 Å². The molecule has 0 aliphatic rings. The molecule has 2 N–H and O–H groups in total. The van der Waals surface area contributed by atoms with E-state index >= 15 is 0 Å². The zero-order valence-corrected chi connectivity index (χ0v) is 13.1. The second-order valence-corrected chi connectivity index (χ2v) is 6.04. The quantitative estimate of drug-likeness (QED) is 0.862. The van der Waals surface area contributed by atoms with Crippen LogP contribution in [0.1, 0.15) is 24.6 Å². The number of hydrogen-bond acceptors (Lipinski definition) is 4. The third kappa shape index (κ3) is 4.95. The van der Waals surface area contributed by atoms with Crippen molar-refractivity contribution in [1.82, 2.24) is 10.3 Å². The predicted octanol–water partition coefficient (Wildman–Crippen LogP) is 2.55. The summed E-state index contributed by atoms with van der Waals surface area (Å²) in [4.78, 5) is 16.3. The smallest absolute Gasteiger partial charge is 0.226 e. The van der Waals surface area contributed by atoms with Gasteiger partial charge in [0.1, 0.15) is 5.01 Å². The third-order valence-electron chi connectivity index (χ3n) is 3.04. The summed E-state index contributed by atoms with van der Waals surface area (Å²) in [6, 6.07) is 8.17. The normalized spacial score (nSPS) is 12.1. The predicted molar refractivity (Wildman–Crippen MR) is 85.3 cm³/mol. The van der Waals surface area contributed by atoms with Gasteiger partial charge in [0.05, 0.1) is 18.2 Å². The number of amides is 1. The number of carbonyl (C=O) groups excluding carboxylic acids is 1. The first kappa shape index (κ1) is 15.7. The number of nitrogens with zero attached hydrogens (tertiary/aromatic N) is 1. The van der Waals surface area contributed by atoms with Gasteiger partial charge in [-0.05, 0) is 26.3 Å². The molecule has 0 fully saturated rings. The lowest BCUT2D eigenvalue weighted by Crippen LogP contribution is -2.27. The van der Waals surface area contributed by atoms with Crippen LogP contribution in [-0.4, -0.2) is 28.6 Å². The Balaban J connectivity index is 1.93. The number of hydrogen-bond donors (Lipinski definition) is 2. The minimum atomic E-state index is -0.391. The topological polar surface area (TPSA) is 62.2 Å². The first-order chi connectivity index (χ1) is 10.0. The first-order valence-electron chi connectivity index (χ1n) is 7.01. The fraction of sp³-hybridized carbons (Fsp3) is 0.375. The molecule has 0 spiro atoms. The molecule has 0 radical (unpaired) electrons. The molecule has 112 valence electrons. The SMILES string of the molecule is Cc1cccc(-c2nc(CC(=O)NCCC(C)O)cs2)c1. The Hall–Kier alpha value is -1.72. The van der Waals surface area contributed by atoms with Gasteiger partial charge in [-0.25, -0.2) is 4.98 Å². The zero-order valence-electron chi connectivity index (χ0n) is 12.3. The van der Waals surface area contributed by atoms with E-state index in [9.17, 15) is 4.79 Å². The van der Waals surface area contributed by atoms with E-state index in [0.29, 0.717) is 13.0 Å². The molecule has 0 bridgehead atoms. The van der Waals surface area contributed by atoms with Crippen molar-refractivity contribution in [2.24, 2.45) is 0 Å². The monoisotopic (exact) mass is 304 g/mol. The van der Waals surface area contributed by atoms with Crippen LogP contribution >= 0.6 is 11.3 Å². The number of thiazole rings is 1. The molecule has 21 heavy (non-hydrogen) atoms. The molecule has 0 aliphatic carbocycles. The largest absolute Gasteiger partial charge is 0.393 e. The van der Waals surface area contributed by atoms with Gasteiger partial charge in [-0.1, -0.05) is 23.8 Å². The molecule has 1 atom stereocenters. The van der Waals surface area contributed by atoms with E-state index in [1.54, 1.807) is 18.3 Å². The molecular formula is C16H20N2O2S. The van der Waals surface area contributed by atoms with Gasteiger partial charge in [-0.2, -0.15) is 0 Å². The molecule has 0 aliphatic heterocycles. The number of carbonyl (C=O) groups is 1. The highest BCUT2D eigenvalue weighted by Crippen LogP contribution is 2.24. The maximum absolute atomic E-state index is 11.8.